The number of hydrogen-bond donors (Lipinski definition) is 1. The largest absolute Gasteiger partial charge is 0.352 e. The summed E-state index contributed by atoms with van der Waals surface area (Å²) in [6.07, 6.45) is 4.55. The summed E-state index contributed by atoms with van der Waals surface area (Å²) in [5, 5.41) is 3.11. The van der Waals surface area contributed by atoms with Gasteiger partial charge in [0.1, 0.15) is 0 Å². The highest BCUT2D eigenvalue weighted by Crippen LogP contribution is 2.18. The first-order chi connectivity index (χ1) is 10.6. The van der Waals surface area contributed by atoms with Crippen LogP contribution in [0.5, 0.6) is 0 Å². The van der Waals surface area contributed by atoms with Crippen LogP contribution in [-0.4, -0.2) is 42.7 Å². The Balaban J connectivity index is 1.81. The van der Waals surface area contributed by atoms with E-state index in [9.17, 15) is 4.79 Å². The fourth-order valence-corrected chi connectivity index (χ4v) is 3.52. The number of rotatable bonds is 6. The molecule has 1 aliphatic heterocycles. The van der Waals surface area contributed by atoms with Gasteiger partial charge in [-0.25, -0.2) is 0 Å². The standard InChI is InChI=1S/C18H28N2OS/c1-14(2)20-10-4-5-16(12-20)11-19-18(21)17-8-6-15(7-9-17)13-22-3/h6-9,14,16H,4-5,10-13H2,1-3H3,(H,19,21). The van der Waals surface area contributed by atoms with Crippen molar-refractivity contribution in [1.82, 2.24) is 10.2 Å². The van der Waals surface area contributed by atoms with Gasteiger partial charge in [-0.1, -0.05) is 12.1 Å². The van der Waals surface area contributed by atoms with Crippen molar-refractivity contribution in [3.8, 4) is 0 Å². The highest BCUT2D eigenvalue weighted by molar-refractivity contribution is 7.97. The number of nitrogens with zero attached hydrogens (tertiary/aromatic N) is 1. The Morgan fingerprint density at radius 2 is 2.09 bits per heavy atom. The van der Waals surface area contributed by atoms with Crippen molar-refractivity contribution in [1.29, 1.82) is 0 Å². The number of nitrogens with one attached hydrogen (secondary N) is 1. The van der Waals surface area contributed by atoms with Gasteiger partial charge in [-0.2, -0.15) is 11.8 Å². The maximum absolute atomic E-state index is 12.2. The van der Waals surface area contributed by atoms with Gasteiger partial charge in [-0.05, 0) is 63.1 Å². The molecular formula is C18H28N2OS. The predicted molar refractivity (Wildman–Crippen MR) is 95.4 cm³/mol. The Labute approximate surface area is 138 Å². The van der Waals surface area contributed by atoms with Gasteiger partial charge in [0.05, 0.1) is 0 Å². The molecule has 1 amide bonds. The fourth-order valence-electron chi connectivity index (χ4n) is 2.99. The number of carbonyl (C=O) groups excluding carboxylic acids is 1. The lowest BCUT2D eigenvalue weighted by Crippen LogP contribution is -2.43. The summed E-state index contributed by atoms with van der Waals surface area (Å²) in [6, 6.07) is 8.56. The van der Waals surface area contributed by atoms with Gasteiger partial charge in [0, 0.05) is 30.4 Å². The topological polar surface area (TPSA) is 32.3 Å². The second-order valence-electron chi connectivity index (χ2n) is 6.44. The van der Waals surface area contributed by atoms with Crippen LogP contribution in [0, 0.1) is 5.92 Å². The normalized spacial score (nSPS) is 19.4. The first kappa shape index (κ1) is 17.4. The summed E-state index contributed by atoms with van der Waals surface area (Å²) in [5.41, 5.74) is 2.03. The Kier molecular flexibility index (Phi) is 6.77. The van der Waals surface area contributed by atoms with E-state index in [1.165, 1.54) is 24.9 Å². The van der Waals surface area contributed by atoms with Gasteiger partial charge in [0.2, 0.25) is 0 Å². The predicted octanol–water partition coefficient (Wildman–Crippen LogP) is 3.40. The molecule has 0 saturated carbocycles. The minimum Gasteiger partial charge on any atom is -0.352 e. The molecule has 1 unspecified atom stereocenters. The quantitative estimate of drug-likeness (QED) is 0.872. The van der Waals surface area contributed by atoms with Crippen LogP contribution in [0.3, 0.4) is 0 Å². The summed E-state index contributed by atoms with van der Waals surface area (Å²) in [4.78, 5) is 14.8. The molecule has 4 heteroatoms. The molecule has 2 rings (SSSR count). The van der Waals surface area contributed by atoms with Gasteiger partial charge < -0.3 is 10.2 Å². The Hall–Kier alpha value is -1.00. The molecule has 1 fully saturated rings. The Morgan fingerprint density at radius 3 is 2.73 bits per heavy atom. The minimum atomic E-state index is 0.0531. The SMILES string of the molecule is CSCc1ccc(C(=O)NCC2CCCN(C(C)C)C2)cc1. The fraction of sp³-hybridized carbons (Fsp3) is 0.611. The molecule has 1 aliphatic rings. The number of thioether (sulfide) groups is 1. The van der Waals surface area contributed by atoms with E-state index in [1.807, 2.05) is 24.3 Å². The second kappa shape index (κ2) is 8.59. The van der Waals surface area contributed by atoms with E-state index in [-0.39, 0.29) is 5.91 Å². The number of likely N-dealkylation sites (tertiary alicyclic amines) is 1. The average molecular weight is 321 g/mol. The molecule has 0 bridgehead atoms. The highest BCUT2D eigenvalue weighted by Gasteiger charge is 2.22. The lowest BCUT2D eigenvalue weighted by molar-refractivity contribution is 0.0922. The molecule has 22 heavy (non-hydrogen) atoms. The van der Waals surface area contributed by atoms with Gasteiger partial charge in [0.25, 0.3) is 5.91 Å². The maximum atomic E-state index is 12.2. The van der Waals surface area contributed by atoms with E-state index in [0.717, 1.165) is 24.4 Å². The summed E-state index contributed by atoms with van der Waals surface area (Å²) < 4.78 is 0. The van der Waals surface area contributed by atoms with Gasteiger partial charge in [-0.3, -0.25) is 4.79 Å². The van der Waals surface area contributed by atoms with E-state index < -0.39 is 0 Å². The summed E-state index contributed by atoms with van der Waals surface area (Å²) in [5.74, 6) is 1.63. The third-order valence-electron chi connectivity index (χ3n) is 4.36. The van der Waals surface area contributed by atoms with Crippen LogP contribution in [-0.2, 0) is 5.75 Å². The van der Waals surface area contributed by atoms with Crippen molar-refractivity contribution in [3.05, 3.63) is 35.4 Å². The van der Waals surface area contributed by atoms with Crippen molar-refractivity contribution in [2.75, 3.05) is 25.9 Å². The van der Waals surface area contributed by atoms with E-state index >= 15 is 0 Å². The molecule has 0 aromatic heterocycles. The number of piperidine rings is 1. The third-order valence-corrected chi connectivity index (χ3v) is 4.98. The van der Waals surface area contributed by atoms with Gasteiger partial charge in [0.15, 0.2) is 0 Å². The number of hydrogen-bond acceptors (Lipinski definition) is 3. The second-order valence-corrected chi connectivity index (χ2v) is 7.30. The molecule has 1 heterocycles. The molecule has 1 N–H and O–H groups in total. The van der Waals surface area contributed by atoms with E-state index in [0.29, 0.717) is 12.0 Å². The molecule has 0 radical (unpaired) electrons. The van der Waals surface area contributed by atoms with Crippen LogP contribution >= 0.6 is 11.8 Å². The van der Waals surface area contributed by atoms with Crippen molar-refractivity contribution < 1.29 is 4.79 Å². The first-order valence-electron chi connectivity index (χ1n) is 8.20. The van der Waals surface area contributed by atoms with Crippen LogP contribution in [0.4, 0.5) is 0 Å². The van der Waals surface area contributed by atoms with Gasteiger partial charge in [-0.15, -0.1) is 0 Å². The number of carbonyl (C=O) groups is 1. The third kappa shape index (κ3) is 5.03. The van der Waals surface area contributed by atoms with Crippen molar-refractivity contribution >= 4 is 17.7 Å². The van der Waals surface area contributed by atoms with E-state index in [1.54, 1.807) is 11.8 Å². The average Bonchev–Trinajstić information content (AvgIpc) is 2.54. The summed E-state index contributed by atoms with van der Waals surface area (Å²) >= 11 is 1.80. The molecule has 1 saturated heterocycles. The van der Waals surface area contributed by atoms with Crippen molar-refractivity contribution in [2.45, 2.75) is 38.5 Å². The summed E-state index contributed by atoms with van der Waals surface area (Å²) in [6.45, 7) is 7.58. The molecule has 0 aliphatic carbocycles. The number of amides is 1. The molecule has 1 aromatic carbocycles. The lowest BCUT2D eigenvalue weighted by atomic mass is 9.97. The Bertz CT molecular complexity index is 472. The smallest absolute Gasteiger partial charge is 0.251 e. The zero-order valence-electron chi connectivity index (χ0n) is 14.0. The van der Waals surface area contributed by atoms with E-state index in [2.05, 4.69) is 30.3 Å². The first-order valence-corrected chi connectivity index (χ1v) is 9.59. The summed E-state index contributed by atoms with van der Waals surface area (Å²) in [7, 11) is 0. The zero-order chi connectivity index (χ0) is 15.9. The molecule has 1 atom stereocenters. The van der Waals surface area contributed by atoms with Crippen LogP contribution in [0.25, 0.3) is 0 Å². The highest BCUT2D eigenvalue weighted by atomic mass is 32.2. The molecule has 3 nitrogen and oxygen atoms in total. The van der Waals surface area contributed by atoms with Crippen LogP contribution in [0.2, 0.25) is 0 Å². The maximum Gasteiger partial charge on any atom is 0.251 e. The van der Waals surface area contributed by atoms with E-state index in [4.69, 9.17) is 0 Å². The van der Waals surface area contributed by atoms with Crippen LogP contribution < -0.4 is 5.32 Å². The van der Waals surface area contributed by atoms with Crippen LogP contribution in [0.1, 0.15) is 42.6 Å². The monoisotopic (exact) mass is 320 g/mol. The molecule has 1 aromatic rings. The number of benzene rings is 1. The minimum absolute atomic E-state index is 0.0531. The molecule has 122 valence electrons. The molecular weight excluding hydrogens is 292 g/mol. The Morgan fingerprint density at radius 1 is 1.36 bits per heavy atom. The van der Waals surface area contributed by atoms with Crippen molar-refractivity contribution in [2.24, 2.45) is 5.92 Å². The van der Waals surface area contributed by atoms with Crippen LogP contribution in [0.15, 0.2) is 24.3 Å². The van der Waals surface area contributed by atoms with Crippen molar-refractivity contribution in [3.63, 3.8) is 0 Å². The van der Waals surface area contributed by atoms with Gasteiger partial charge >= 0.3 is 0 Å². The lowest BCUT2D eigenvalue weighted by Gasteiger charge is -2.35. The molecule has 0 spiro atoms. The zero-order valence-corrected chi connectivity index (χ0v) is 14.8.